The van der Waals surface area contributed by atoms with Crippen molar-refractivity contribution in [3.05, 3.63) is 48.3 Å². The second-order valence-corrected chi connectivity index (χ2v) is 5.70. The Labute approximate surface area is 145 Å². The van der Waals surface area contributed by atoms with Crippen LogP contribution in [0.2, 0.25) is 0 Å². The number of nitrogens with one attached hydrogen (secondary N) is 1. The van der Waals surface area contributed by atoms with Crippen molar-refractivity contribution < 1.29 is 4.79 Å². The Kier molecular flexibility index (Phi) is 4.73. The lowest BCUT2D eigenvalue weighted by Gasteiger charge is -2.18. The van der Waals surface area contributed by atoms with E-state index in [1.54, 1.807) is 22.8 Å². The minimum absolute atomic E-state index is 0.163. The first-order valence-electron chi connectivity index (χ1n) is 7.90. The van der Waals surface area contributed by atoms with E-state index < -0.39 is 0 Å². The number of tetrazole rings is 1. The second kappa shape index (κ2) is 7.12. The van der Waals surface area contributed by atoms with E-state index in [4.69, 9.17) is 0 Å². The maximum atomic E-state index is 12.3. The molecule has 0 aliphatic rings. The zero-order valence-electron chi connectivity index (χ0n) is 14.4. The van der Waals surface area contributed by atoms with E-state index in [9.17, 15) is 4.79 Å². The third-order valence-corrected chi connectivity index (χ3v) is 3.94. The van der Waals surface area contributed by atoms with Crippen LogP contribution in [0.1, 0.15) is 11.6 Å². The number of hydrogen-bond donors (Lipinski definition) is 1. The van der Waals surface area contributed by atoms with E-state index in [-0.39, 0.29) is 6.03 Å². The van der Waals surface area contributed by atoms with Crippen molar-refractivity contribution in [1.29, 1.82) is 0 Å². The fourth-order valence-corrected chi connectivity index (χ4v) is 2.37. The summed E-state index contributed by atoms with van der Waals surface area (Å²) in [4.78, 5) is 18.1. The number of amides is 2. The molecule has 3 aromatic rings. The maximum Gasteiger partial charge on any atom is 0.321 e. The SMILES string of the molecule is Cc1nccn1CCN(C)C(=O)Nc1ccc(-n2nnnc2C)cc1. The van der Waals surface area contributed by atoms with Crippen molar-refractivity contribution in [3.63, 3.8) is 0 Å². The van der Waals surface area contributed by atoms with E-state index in [0.29, 0.717) is 24.6 Å². The van der Waals surface area contributed by atoms with E-state index in [1.807, 2.05) is 48.9 Å². The highest BCUT2D eigenvalue weighted by molar-refractivity contribution is 5.89. The molecule has 0 radical (unpaired) electrons. The van der Waals surface area contributed by atoms with Crippen LogP contribution in [-0.2, 0) is 6.54 Å². The highest BCUT2D eigenvalue weighted by atomic mass is 16.2. The fourth-order valence-electron chi connectivity index (χ4n) is 2.37. The number of benzene rings is 1. The first kappa shape index (κ1) is 16.6. The summed E-state index contributed by atoms with van der Waals surface area (Å²) in [6.45, 7) is 5.05. The lowest BCUT2D eigenvalue weighted by atomic mass is 10.3. The number of aryl methyl sites for hydroxylation is 2. The van der Waals surface area contributed by atoms with Gasteiger partial charge in [-0.15, -0.1) is 5.10 Å². The number of imidazole rings is 1. The summed E-state index contributed by atoms with van der Waals surface area (Å²) < 4.78 is 3.64. The lowest BCUT2D eigenvalue weighted by Crippen LogP contribution is -2.33. The monoisotopic (exact) mass is 340 g/mol. The molecule has 0 bridgehead atoms. The summed E-state index contributed by atoms with van der Waals surface area (Å²) in [5, 5.41) is 14.3. The van der Waals surface area contributed by atoms with Gasteiger partial charge in [0.05, 0.1) is 5.69 Å². The van der Waals surface area contributed by atoms with Crippen LogP contribution in [0.4, 0.5) is 10.5 Å². The lowest BCUT2D eigenvalue weighted by molar-refractivity contribution is 0.220. The normalized spacial score (nSPS) is 10.7. The summed E-state index contributed by atoms with van der Waals surface area (Å²) in [5.41, 5.74) is 1.55. The molecule has 0 aliphatic carbocycles. The Balaban J connectivity index is 1.57. The minimum Gasteiger partial charge on any atom is -0.333 e. The standard InChI is InChI=1S/C16H20N8O/c1-12-17-8-9-23(12)11-10-22(3)16(25)18-14-4-6-15(7-5-14)24-13(2)19-20-21-24/h4-9H,10-11H2,1-3H3,(H,18,25). The summed E-state index contributed by atoms with van der Waals surface area (Å²) >= 11 is 0. The van der Waals surface area contributed by atoms with Crippen LogP contribution in [0.3, 0.4) is 0 Å². The van der Waals surface area contributed by atoms with Gasteiger partial charge in [0.1, 0.15) is 5.82 Å². The molecule has 9 nitrogen and oxygen atoms in total. The van der Waals surface area contributed by atoms with Gasteiger partial charge >= 0.3 is 6.03 Å². The van der Waals surface area contributed by atoms with Gasteiger partial charge in [0.15, 0.2) is 5.82 Å². The summed E-state index contributed by atoms with van der Waals surface area (Å²) in [6.07, 6.45) is 3.66. The molecule has 0 atom stereocenters. The van der Waals surface area contributed by atoms with Crippen molar-refractivity contribution in [3.8, 4) is 5.69 Å². The molecule has 2 amide bonds. The number of nitrogens with zero attached hydrogens (tertiary/aromatic N) is 7. The van der Waals surface area contributed by atoms with Crippen molar-refractivity contribution in [1.82, 2.24) is 34.7 Å². The molecule has 9 heteroatoms. The van der Waals surface area contributed by atoms with Crippen molar-refractivity contribution in [2.75, 3.05) is 18.9 Å². The van der Waals surface area contributed by atoms with E-state index in [1.165, 1.54) is 0 Å². The summed E-state index contributed by atoms with van der Waals surface area (Å²) in [5.74, 6) is 1.63. The first-order chi connectivity index (χ1) is 12.0. The number of aromatic nitrogens is 6. The van der Waals surface area contributed by atoms with Gasteiger partial charge in [-0.3, -0.25) is 0 Å². The predicted molar refractivity (Wildman–Crippen MR) is 92.5 cm³/mol. The number of likely N-dealkylation sites (N-methyl/N-ethyl adjacent to an activating group) is 1. The molecule has 0 fully saturated rings. The molecular weight excluding hydrogens is 320 g/mol. The van der Waals surface area contributed by atoms with Gasteiger partial charge in [-0.05, 0) is 48.5 Å². The number of urea groups is 1. The van der Waals surface area contributed by atoms with Crippen LogP contribution in [0.25, 0.3) is 5.69 Å². The van der Waals surface area contributed by atoms with Gasteiger partial charge in [0.2, 0.25) is 0 Å². The highest BCUT2D eigenvalue weighted by Crippen LogP contribution is 2.13. The fraction of sp³-hybridized carbons (Fsp3) is 0.312. The molecule has 2 aromatic heterocycles. The zero-order chi connectivity index (χ0) is 17.8. The number of carbonyl (C=O) groups is 1. The summed E-state index contributed by atoms with van der Waals surface area (Å²) in [7, 11) is 1.76. The Hall–Kier alpha value is -3.23. The van der Waals surface area contributed by atoms with Crippen LogP contribution >= 0.6 is 0 Å². The Morgan fingerprint density at radius 2 is 1.96 bits per heavy atom. The summed E-state index contributed by atoms with van der Waals surface area (Å²) in [6, 6.07) is 7.19. The number of rotatable bonds is 5. The maximum absolute atomic E-state index is 12.3. The minimum atomic E-state index is -0.163. The van der Waals surface area contributed by atoms with Gasteiger partial charge in [-0.1, -0.05) is 0 Å². The third-order valence-electron chi connectivity index (χ3n) is 3.94. The number of carbonyl (C=O) groups excluding carboxylic acids is 1. The van der Waals surface area contributed by atoms with Gasteiger partial charge < -0.3 is 14.8 Å². The van der Waals surface area contributed by atoms with Crippen LogP contribution in [0.15, 0.2) is 36.7 Å². The molecular formula is C16H20N8O. The van der Waals surface area contributed by atoms with Gasteiger partial charge in [0, 0.05) is 38.2 Å². The highest BCUT2D eigenvalue weighted by Gasteiger charge is 2.10. The van der Waals surface area contributed by atoms with Crippen LogP contribution in [-0.4, -0.2) is 54.3 Å². The van der Waals surface area contributed by atoms with Gasteiger partial charge in [-0.25, -0.2) is 9.78 Å². The van der Waals surface area contributed by atoms with Crippen molar-refractivity contribution >= 4 is 11.7 Å². The largest absolute Gasteiger partial charge is 0.333 e. The molecule has 130 valence electrons. The molecule has 0 aliphatic heterocycles. The molecule has 0 spiro atoms. The Morgan fingerprint density at radius 3 is 2.56 bits per heavy atom. The molecule has 1 N–H and O–H groups in total. The molecule has 3 rings (SSSR count). The quantitative estimate of drug-likeness (QED) is 0.762. The Bertz CT molecular complexity index is 851. The first-order valence-corrected chi connectivity index (χ1v) is 7.90. The van der Waals surface area contributed by atoms with Gasteiger partial charge in [0.25, 0.3) is 0 Å². The average molecular weight is 340 g/mol. The molecule has 25 heavy (non-hydrogen) atoms. The van der Waals surface area contributed by atoms with E-state index in [0.717, 1.165) is 11.5 Å². The average Bonchev–Trinajstić information content (AvgIpc) is 3.21. The van der Waals surface area contributed by atoms with Crippen molar-refractivity contribution in [2.24, 2.45) is 0 Å². The third kappa shape index (κ3) is 3.82. The smallest absolute Gasteiger partial charge is 0.321 e. The molecule has 0 saturated heterocycles. The van der Waals surface area contributed by atoms with Crippen LogP contribution in [0, 0.1) is 13.8 Å². The van der Waals surface area contributed by atoms with Crippen LogP contribution < -0.4 is 5.32 Å². The van der Waals surface area contributed by atoms with Crippen molar-refractivity contribution in [2.45, 2.75) is 20.4 Å². The van der Waals surface area contributed by atoms with Gasteiger partial charge in [-0.2, -0.15) is 4.68 Å². The zero-order valence-corrected chi connectivity index (χ0v) is 14.4. The predicted octanol–water partition coefficient (Wildman–Crippen LogP) is 1.64. The number of anilines is 1. The Morgan fingerprint density at radius 1 is 1.20 bits per heavy atom. The van der Waals surface area contributed by atoms with E-state index in [2.05, 4.69) is 25.8 Å². The van der Waals surface area contributed by atoms with E-state index >= 15 is 0 Å². The topological polar surface area (TPSA) is 93.8 Å². The molecule has 1 aromatic carbocycles. The number of hydrogen-bond acceptors (Lipinski definition) is 5. The molecule has 0 saturated carbocycles. The van der Waals surface area contributed by atoms with Crippen LogP contribution in [0.5, 0.6) is 0 Å². The second-order valence-electron chi connectivity index (χ2n) is 5.70. The molecule has 0 unspecified atom stereocenters. The molecule has 2 heterocycles.